The highest BCUT2D eigenvalue weighted by Gasteiger charge is 2.19. The van der Waals surface area contributed by atoms with E-state index in [4.69, 9.17) is 0 Å². The Balaban J connectivity index is 1.94. The minimum absolute atomic E-state index is 0.146. The molecule has 1 aromatic carbocycles. The number of nitrogens with zero attached hydrogens (tertiary/aromatic N) is 2. The normalized spacial score (nSPS) is 15.2. The fraction of sp³-hybridized carbons (Fsp3) is 0.412. The molecule has 1 N–H and O–H groups in total. The van der Waals surface area contributed by atoms with Gasteiger partial charge in [0.15, 0.2) is 0 Å². The second kappa shape index (κ2) is 5.72. The van der Waals surface area contributed by atoms with Crippen LogP contribution in [0.1, 0.15) is 40.7 Å². The molecule has 1 aliphatic rings. The van der Waals surface area contributed by atoms with Crippen molar-refractivity contribution in [3.63, 3.8) is 0 Å². The Bertz CT molecular complexity index is 654. The van der Waals surface area contributed by atoms with E-state index in [1.807, 2.05) is 36.2 Å². The Labute approximate surface area is 125 Å². The lowest BCUT2D eigenvalue weighted by Gasteiger charge is -2.27. The number of nitrogens with one attached hydrogen (secondary N) is 1. The van der Waals surface area contributed by atoms with E-state index in [1.165, 1.54) is 6.42 Å². The molecule has 1 amide bonds. The van der Waals surface area contributed by atoms with Gasteiger partial charge in [0, 0.05) is 24.2 Å². The van der Waals surface area contributed by atoms with Crippen LogP contribution in [0.4, 0.5) is 0 Å². The number of aromatic amines is 1. The minimum atomic E-state index is 0.146. The van der Waals surface area contributed by atoms with Crippen molar-refractivity contribution in [3.8, 4) is 11.3 Å². The first-order valence-electron chi connectivity index (χ1n) is 7.57. The van der Waals surface area contributed by atoms with Crippen LogP contribution in [0.25, 0.3) is 11.3 Å². The van der Waals surface area contributed by atoms with E-state index in [2.05, 4.69) is 17.1 Å². The Morgan fingerprint density at radius 1 is 1.14 bits per heavy atom. The standard InChI is InChI=1S/C17H21N3O/c1-12-6-7-14(17(21)20-8-4-3-5-9-20)10-15(12)16-13(2)11-18-19-16/h6-7,10-11H,3-5,8-9H2,1-2H3,(H,18,19). The summed E-state index contributed by atoms with van der Waals surface area (Å²) < 4.78 is 0. The largest absolute Gasteiger partial charge is 0.339 e. The number of carbonyl (C=O) groups excluding carboxylic acids is 1. The van der Waals surface area contributed by atoms with Crippen molar-refractivity contribution < 1.29 is 4.79 Å². The molecule has 0 atom stereocenters. The lowest BCUT2D eigenvalue weighted by molar-refractivity contribution is 0.0724. The molecule has 21 heavy (non-hydrogen) atoms. The quantitative estimate of drug-likeness (QED) is 0.919. The van der Waals surface area contributed by atoms with Crippen molar-refractivity contribution in [2.75, 3.05) is 13.1 Å². The number of rotatable bonds is 2. The van der Waals surface area contributed by atoms with E-state index >= 15 is 0 Å². The lowest BCUT2D eigenvalue weighted by Crippen LogP contribution is -2.35. The number of hydrogen-bond acceptors (Lipinski definition) is 2. The summed E-state index contributed by atoms with van der Waals surface area (Å²) >= 11 is 0. The van der Waals surface area contributed by atoms with Gasteiger partial charge in [-0.3, -0.25) is 9.89 Å². The van der Waals surface area contributed by atoms with Crippen molar-refractivity contribution in [2.45, 2.75) is 33.1 Å². The molecular weight excluding hydrogens is 262 g/mol. The van der Waals surface area contributed by atoms with Gasteiger partial charge in [-0.25, -0.2) is 0 Å². The average Bonchev–Trinajstić information content (AvgIpc) is 2.94. The Morgan fingerprint density at radius 3 is 2.57 bits per heavy atom. The van der Waals surface area contributed by atoms with Gasteiger partial charge in [-0.1, -0.05) is 6.07 Å². The Kier molecular flexibility index (Phi) is 3.78. The highest BCUT2D eigenvalue weighted by molar-refractivity contribution is 5.95. The number of likely N-dealkylation sites (tertiary alicyclic amines) is 1. The van der Waals surface area contributed by atoms with Crippen LogP contribution in [0.5, 0.6) is 0 Å². The number of H-pyrrole nitrogens is 1. The maximum absolute atomic E-state index is 12.6. The zero-order chi connectivity index (χ0) is 14.8. The van der Waals surface area contributed by atoms with Crippen molar-refractivity contribution in [1.82, 2.24) is 15.1 Å². The van der Waals surface area contributed by atoms with Crippen molar-refractivity contribution in [2.24, 2.45) is 0 Å². The minimum Gasteiger partial charge on any atom is -0.339 e. The topological polar surface area (TPSA) is 49.0 Å². The maximum atomic E-state index is 12.6. The molecule has 0 unspecified atom stereocenters. The highest BCUT2D eigenvalue weighted by Crippen LogP contribution is 2.26. The Morgan fingerprint density at radius 2 is 1.90 bits per heavy atom. The van der Waals surface area contributed by atoms with Crippen molar-refractivity contribution in [1.29, 1.82) is 0 Å². The molecule has 1 fully saturated rings. The van der Waals surface area contributed by atoms with Crippen LogP contribution in [-0.4, -0.2) is 34.1 Å². The molecule has 1 aromatic heterocycles. The fourth-order valence-corrected chi connectivity index (χ4v) is 2.92. The van der Waals surface area contributed by atoms with Crippen LogP contribution in [-0.2, 0) is 0 Å². The summed E-state index contributed by atoms with van der Waals surface area (Å²) in [6.45, 7) is 5.85. The third-order valence-corrected chi connectivity index (χ3v) is 4.23. The lowest BCUT2D eigenvalue weighted by atomic mass is 9.99. The third kappa shape index (κ3) is 2.71. The average molecular weight is 283 g/mol. The van der Waals surface area contributed by atoms with E-state index < -0.39 is 0 Å². The summed E-state index contributed by atoms with van der Waals surface area (Å²) in [4.78, 5) is 14.6. The molecule has 0 radical (unpaired) electrons. The monoisotopic (exact) mass is 283 g/mol. The first kappa shape index (κ1) is 13.9. The first-order valence-corrected chi connectivity index (χ1v) is 7.57. The summed E-state index contributed by atoms with van der Waals surface area (Å²) in [5, 5.41) is 7.12. The molecular formula is C17H21N3O. The van der Waals surface area contributed by atoms with Gasteiger partial charge in [0.2, 0.25) is 0 Å². The van der Waals surface area contributed by atoms with E-state index in [0.29, 0.717) is 0 Å². The van der Waals surface area contributed by atoms with Gasteiger partial charge < -0.3 is 4.90 Å². The van der Waals surface area contributed by atoms with Crippen molar-refractivity contribution >= 4 is 5.91 Å². The van der Waals surface area contributed by atoms with E-state index in [0.717, 1.165) is 53.9 Å². The second-order valence-corrected chi connectivity index (χ2v) is 5.81. The molecule has 110 valence electrons. The van der Waals surface area contributed by atoms with Crippen LogP contribution in [0.2, 0.25) is 0 Å². The summed E-state index contributed by atoms with van der Waals surface area (Å²) in [7, 11) is 0. The molecule has 4 nitrogen and oxygen atoms in total. The molecule has 1 aliphatic heterocycles. The molecule has 0 bridgehead atoms. The van der Waals surface area contributed by atoms with Crippen LogP contribution < -0.4 is 0 Å². The number of piperidine rings is 1. The smallest absolute Gasteiger partial charge is 0.253 e. The molecule has 0 aliphatic carbocycles. The molecule has 3 rings (SSSR count). The van der Waals surface area contributed by atoms with Crippen LogP contribution in [0, 0.1) is 13.8 Å². The van der Waals surface area contributed by atoms with Crippen molar-refractivity contribution in [3.05, 3.63) is 41.1 Å². The van der Waals surface area contributed by atoms with Crippen LogP contribution in [0.15, 0.2) is 24.4 Å². The summed E-state index contributed by atoms with van der Waals surface area (Å²) in [5.74, 6) is 0.146. The zero-order valence-electron chi connectivity index (χ0n) is 12.6. The molecule has 2 heterocycles. The van der Waals surface area contributed by atoms with Gasteiger partial charge in [-0.2, -0.15) is 5.10 Å². The van der Waals surface area contributed by atoms with Gasteiger partial charge in [0.05, 0.1) is 11.9 Å². The zero-order valence-corrected chi connectivity index (χ0v) is 12.6. The second-order valence-electron chi connectivity index (χ2n) is 5.81. The molecule has 4 heteroatoms. The molecule has 1 saturated heterocycles. The summed E-state index contributed by atoms with van der Waals surface area (Å²) in [5.41, 5.74) is 5.08. The van der Waals surface area contributed by atoms with Gasteiger partial charge in [0.1, 0.15) is 0 Å². The first-order chi connectivity index (χ1) is 10.2. The molecule has 2 aromatic rings. The van der Waals surface area contributed by atoms with E-state index in [-0.39, 0.29) is 5.91 Å². The number of benzene rings is 1. The van der Waals surface area contributed by atoms with Gasteiger partial charge in [0.25, 0.3) is 5.91 Å². The highest BCUT2D eigenvalue weighted by atomic mass is 16.2. The maximum Gasteiger partial charge on any atom is 0.253 e. The number of amides is 1. The predicted molar refractivity (Wildman–Crippen MR) is 83.3 cm³/mol. The predicted octanol–water partition coefficient (Wildman–Crippen LogP) is 3.32. The third-order valence-electron chi connectivity index (χ3n) is 4.23. The molecule has 0 saturated carbocycles. The number of hydrogen-bond donors (Lipinski definition) is 1. The Hall–Kier alpha value is -2.10. The van der Waals surface area contributed by atoms with Gasteiger partial charge >= 0.3 is 0 Å². The number of carbonyl (C=O) groups is 1. The van der Waals surface area contributed by atoms with E-state index in [9.17, 15) is 4.79 Å². The fourth-order valence-electron chi connectivity index (χ4n) is 2.92. The van der Waals surface area contributed by atoms with Gasteiger partial charge in [-0.05, 0) is 56.4 Å². The number of aryl methyl sites for hydroxylation is 2. The van der Waals surface area contributed by atoms with Gasteiger partial charge in [-0.15, -0.1) is 0 Å². The van der Waals surface area contributed by atoms with Crippen LogP contribution in [0.3, 0.4) is 0 Å². The van der Waals surface area contributed by atoms with Crippen LogP contribution >= 0.6 is 0 Å². The van der Waals surface area contributed by atoms with E-state index in [1.54, 1.807) is 0 Å². The summed E-state index contributed by atoms with van der Waals surface area (Å²) in [6, 6.07) is 5.95. The SMILES string of the molecule is Cc1ccc(C(=O)N2CCCCC2)cc1-c1[nH]ncc1C. The molecule has 0 spiro atoms. The number of aromatic nitrogens is 2. The summed E-state index contributed by atoms with van der Waals surface area (Å²) in [6.07, 6.45) is 5.28.